The number of aromatic nitrogens is 3. The molecule has 2 unspecified atom stereocenters. The van der Waals surface area contributed by atoms with E-state index in [9.17, 15) is 4.79 Å². The first kappa shape index (κ1) is 20.9. The van der Waals surface area contributed by atoms with Crippen molar-refractivity contribution in [1.29, 1.82) is 0 Å². The van der Waals surface area contributed by atoms with E-state index in [1.807, 2.05) is 53.1 Å². The molecule has 0 radical (unpaired) electrons. The lowest BCUT2D eigenvalue weighted by molar-refractivity contribution is -0.119. The summed E-state index contributed by atoms with van der Waals surface area (Å²) >= 11 is 1.40. The van der Waals surface area contributed by atoms with Crippen LogP contribution in [0.2, 0.25) is 0 Å². The zero-order chi connectivity index (χ0) is 21.9. The first-order chi connectivity index (χ1) is 15.7. The summed E-state index contributed by atoms with van der Waals surface area (Å²) in [5.74, 6) is 2.99. The maximum atomic E-state index is 12.7. The number of ether oxygens (including phenoxy) is 2. The van der Waals surface area contributed by atoms with E-state index in [1.165, 1.54) is 31.0 Å². The van der Waals surface area contributed by atoms with Crippen molar-refractivity contribution < 1.29 is 14.3 Å². The maximum absolute atomic E-state index is 12.7. The molecule has 166 valence electrons. The van der Waals surface area contributed by atoms with Gasteiger partial charge < -0.3 is 14.8 Å². The first-order valence-corrected chi connectivity index (χ1v) is 12.0. The molecule has 1 N–H and O–H groups in total. The van der Waals surface area contributed by atoms with Crippen LogP contribution in [0.1, 0.15) is 32.6 Å². The second-order valence-corrected chi connectivity index (χ2v) is 9.21. The molecular formula is C24H26N4O3S. The number of thioether (sulfide) groups is 1. The Hall–Kier alpha value is -3.00. The summed E-state index contributed by atoms with van der Waals surface area (Å²) in [6.07, 6.45) is 4.68. The molecular weight excluding hydrogens is 424 g/mol. The van der Waals surface area contributed by atoms with E-state index in [1.54, 1.807) is 0 Å². The Bertz CT molecular complexity index is 1100. The van der Waals surface area contributed by atoms with Gasteiger partial charge >= 0.3 is 0 Å². The van der Waals surface area contributed by atoms with Crippen LogP contribution in [0.15, 0.2) is 53.7 Å². The van der Waals surface area contributed by atoms with Crippen LogP contribution in [0, 0.1) is 5.92 Å². The normalized spacial score (nSPS) is 19.7. The number of fused-ring (bicyclic) bond motifs is 1. The number of carbonyl (C=O) groups excluding carboxylic acids is 1. The molecule has 32 heavy (non-hydrogen) atoms. The summed E-state index contributed by atoms with van der Waals surface area (Å²) in [5, 5.41) is 12.8. The average molecular weight is 451 g/mol. The first-order valence-electron chi connectivity index (χ1n) is 11.0. The second kappa shape index (κ2) is 9.24. The minimum atomic E-state index is 0.0426. The van der Waals surface area contributed by atoms with Crippen LogP contribution in [0.25, 0.3) is 17.1 Å². The SMILES string of the molecule is CC1CCCCC1NC(=O)CSc1nnc(-c2ccc3c(c2)OCO3)n1-c1ccccc1. The van der Waals surface area contributed by atoms with E-state index >= 15 is 0 Å². The molecule has 7 nitrogen and oxygen atoms in total. The molecule has 0 spiro atoms. The van der Waals surface area contributed by atoms with Crippen molar-refractivity contribution in [2.45, 2.75) is 43.8 Å². The Kier molecular flexibility index (Phi) is 6.03. The number of rotatable bonds is 6. The van der Waals surface area contributed by atoms with Gasteiger partial charge in [0.1, 0.15) is 0 Å². The molecule has 2 atom stereocenters. The second-order valence-electron chi connectivity index (χ2n) is 8.27. The topological polar surface area (TPSA) is 78.3 Å². The lowest BCUT2D eigenvalue weighted by Gasteiger charge is -2.29. The molecule has 0 bridgehead atoms. The minimum absolute atomic E-state index is 0.0426. The van der Waals surface area contributed by atoms with Crippen molar-refractivity contribution in [3.63, 3.8) is 0 Å². The molecule has 8 heteroatoms. The molecule has 1 fully saturated rings. The smallest absolute Gasteiger partial charge is 0.231 e. The number of benzene rings is 2. The quantitative estimate of drug-likeness (QED) is 0.559. The van der Waals surface area contributed by atoms with Crippen LogP contribution in [0.3, 0.4) is 0 Å². The van der Waals surface area contributed by atoms with Crippen LogP contribution < -0.4 is 14.8 Å². The van der Waals surface area contributed by atoms with Gasteiger partial charge in [0.15, 0.2) is 22.5 Å². The number of para-hydroxylation sites is 1. The van der Waals surface area contributed by atoms with Gasteiger partial charge in [0.25, 0.3) is 0 Å². The van der Waals surface area contributed by atoms with E-state index in [4.69, 9.17) is 9.47 Å². The van der Waals surface area contributed by atoms with Crippen molar-refractivity contribution in [2.24, 2.45) is 5.92 Å². The predicted octanol–water partition coefficient (Wildman–Crippen LogP) is 4.45. The van der Waals surface area contributed by atoms with Crippen molar-refractivity contribution in [3.8, 4) is 28.6 Å². The fourth-order valence-corrected chi connectivity index (χ4v) is 5.07. The van der Waals surface area contributed by atoms with E-state index in [-0.39, 0.29) is 18.7 Å². The van der Waals surface area contributed by atoms with Crippen LogP contribution in [0.5, 0.6) is 11.5 Å². The van der Waals surface area contributed by atoms with Gasteiger partial charge in [-0.3, -0.25) is 9.36 Å². The molecule has 1 aliphatic carbocycles. The number of hydrogen-bond donors (Lipinski definition) is 1. The Balaban J connectivity index is 1.38. The maximum Gasteiger partial charge on any atom is 0.231 e. The van der Waals surface area contributed by atoms with E-state index < -0.39 is 0 Å². The Morgan fingerprint density at radius 3 is 2.75 bits per heavy atom. The van der Waals surface area contributed by atoms with Gasteiger partial charge in [0, 0.05) is 17.3 Å². The zero-order valence-corrected chi connectivity index (χ0v) is 18.8. The Morgan fingerprint density at radius 2 is 1.91 bits per heavy atom. The van der Waals surface area contributed by atoms with E-state index in [0.717, 1.165) is 23.4 Å². The van der Waals surface area contributed by atoms with Gasteiger partial charge in [-0.05, 0) is 49.1 Å². The highest BCUT2D eigenvalue weighted by atomic mass is 32.2. The molecule has 2 heterocycles. The molecule has 5 rings (SSSR count). The van der Waals surface area contributed by atoms with E-state index in [0.29, 0.717) is 28.4 Å². The predicted molar refractivity (Wildman–Crippen MR) is 123 cm³/mol. The van der Waals surface area contributed by atoms with Gasteiger partial charge in [0.2, 0.25) is 12.7 Å². The summed E-state index contributed by atoms with van der Waals surface area (Å²) in [5.41, 5.74) is 1.81. The van der Waals surface area contributed by atoms with Crippen molar-refractivity contribution >= 4 is 17.7 Å². The standard InChI is InChI=1S/C24H26N4O3S/c1-16-7-5-6-10-19(16)25-22(29)14-32-24-27-26-23(28(24)18-8-3-2-4-9-18)17-11-12-20-21(13-17)31-15-30-20/h2-4,8-9,11-13,16,19H,5-7,10,14-15H2,1H3,(H,25,29). The van der Waals surface area contributed by atoms with Crippen LogP contribution >= 0.6 is 11.8 Å². The molecule has 3 aromatic rings. The summed E-state index contributed by atoms with van der Waals surface area (Å²) in [6, 6.07) is 16.0. The monoisotopic (exact) mass is 450 g/mol. The van der Waals surface area contributed by atoms with Crippen molar-refractivity contribution in [1.82, 2.24) is 20.1 Å². The summed E-state index contributed by atoms with van der Waals surface area (Å²) < 4.78 is 13.0. The van der Waals surface area contributed by atoms with Gasteiger partial charge in [-0.2, -0.15) is 0 Å². The molecule has 1 aliphatic heterocycles. The van der Waals surface area contributed by atoms with Gasteiger partial charge in [-0.25, -0.2) is 0 Å². The highest BCUT2D eigenvalue weighted by Crippen LogP contribution is 2.37. The average Bonchev–Trinajstić information content (AvgIpc) is 3.46. The molecule has 2 aromatic carbocycles. The summed E-state index contributed by atoms with van der Waals surface area (Å²) in [6.45, 7) is 2.45. The highest BCUT2D eigenvalue weighted by Gasteiger charge is 2.24. The van der Waals surface area contributed by atoms with Gasteiger partial charge in [-0.1, -0.05) is 49.7 Å². The number of amides is 1. The fourth-order valence-electron chi connectivity index (χ4n) is 4.31. The lowest BCUT2D eigenvalue weighted by atomic mass is 9.86. The zero-order valence-electron chi connectivity index (χ0n) is 18.0. The molecule has 0 saturated heterocycles. The third-order valence-electron chi connectivity index (χ3n) is 6.07. The fraction of sp³-hybridized carbons (Fsp3) is 0.375. The van der Waals surface area contributed by atoms with Crippen LogP contribution in [0.4, 0.5) is 0 Å². The highest BCUT2D eigenvalue weighted by molar-refractivity contribution is 7.99. The molecule has 1 saturated carbocycles. The lowest BCUT2D eigenvalue weighted by Crippen LogP contribution is -2.41. The Labute approximate surface area is 191 Å². The molecule has 1 aromatic heterocycles. The number of hydrogen-bond acceptors (Lipinski definition) is 6. The van der Waals surface area contributed by atoms with Crippen LogP contribution in [-0.4, -0.2) is 39.3 Å². The van der Waals surface area contributed by atoms with Crippen molar-refractivity contribution in [2.75, 3.05) is 12.5 Å². The van der Waals surface area contributed by atoms with Gasteiger partial charge in [-0.15, -0.1) is 10.2 Å². The molecule has 1 amide bonds. The number of nitrogens with zero attached hydrogens (tertiary/aromatic N) is 3. The van der Waals surface area contributed by atoms with Gasteiger partial charge in [0.05, 0.1) is 5.75 Å². The molecule has 2 aliphatic rings. The largest absolute Gasteiger partial charge is 0.454 e. The number of carbonyl (C=O) groups is 1. The van der Waals surface area contributed by atoms with Crippen molar-refractivity contribution in [3.05, 3.63) is 48.5 Å². The third-order valence-corrected chi connectivity index (χ3v) is 7.00. The summed E-state index contributed by atoms with van der Waals surface area (Å²) in [7, 11) is 0. The third kappa shape index (κ3) is 4.32. The van der Waals surface area contributed by atoms with Crippen LogP contribution in [-0.2, 0) is 4.79 Å². The van der Waals surface area contributed by atoms with E-state index in [2.05, 4.69) is 22.4 Å². The Morgan fingerprint density at radius 1 is 1.09 bits per heavy atom. The minimum Gasteiger partial charge on any atom is -0.454 e. The number of nitrogens with one attached hydrogen (secondary N) is 1. The summed E-state index contributed by atoms with van der Waals surface area (Å²) in [4.78, 5) is 12.7.